The normalized spacial score (nSPS) is 20.8. The number of benzene rings is 2. The van der Waals surface area contributed by atoms with Crippen LogP contribution in [0.15, 0.2) is 60.7 Å². The van der Waals surface area contributed by atoms with Gasteiger partial charge in [0.25, 0.3) is 0 Å². The molecule has 1 heterocycles. The molecule has 0 radical (unpaired) electrons. The summed E-state index contributed by atoms with van der Waals surface area (Å²) < 4.78 is 0. The Labute approximate surface area is 162 Å². The summed E-state index contributed by atoms with van der Waals surface area (Å²) in [7, 11) is 0. The SMILES string of the molecule is O=C(C1CC1)N(c1ccccc1)C(CCc1ccccc1)C1CCCNC1. The molecule has 0 aromatic heterocycles. The van der Waals surface area contributed by atoms with Gasteiger partial charge in [0.05, 0.1) is 0 Å². The highest BCUT2D eigenvalue weighted by Gasteiger charge is 2.39. The van der Waals surface area contributed by atoms with Crippen LogP contribution in [0.4, 0.5) is 5.69 Å². The van der Waals surface area contributed by atoms with Gasteiger partial charge in [-0.05, 0) is 75.2 Å². The van der Waals surface area contributed by atoms with Crippen LogP contribution < -0.4 is 10.2 Å². The molecule has 1 N–H and O–H groups in total. The third kappa shape index (κ3) is 4.59. The van der Waals surface area contributed by atoms with Crippen molar-refractivity contribution < 1.29 is 4.79 Å². The predicted molar refractivity (Wildman–Crippen MR) is 111 cm³/mol. The third-order valence-electron chi connectivity index (χ3n) is 5.98. The van der Waals surface area contributed by atoms with Crippen LogP contribution in [-0.4, -0.2) is 25.0 Å². The maximum absolute atomic E-state index is 13.3. The fourth-order valence-electron chi connectivity index (χ4n) is 4.34. The van der Waals surface area contributed by atoms with Crippen molar-refractivity contribution in [1.29, 1.82) is 0 Å². The van der Waals surface area contributed by atoms with Crippen molar-refractivity contribution in [1.82, 2.24) is 5.32 Å². The number of carbonyl (C=O) groups is 1. The lowest BCUT2D eigenvalue weighted by Gasteiger charge is -2.39. The fourth-order valence-corrected chi connectivity index (χ4v) is 4.34. The molecule has 1 saturated heterocycles. The van der Waals surface area contributed by atoms with Crippen molar-refractivity contribution in [3.05, 3.63) is 66.2 Å². The molecule has 2 aliphatic rings. The minimum atomic E-state index is 0.237. The molecule has 3 nitrogen and oxygen atoms in total. The Morgan fingerprint density at radius 2 is 1.70 bits per heavy atom. The van der Waals surface area contributed by atoms with E-state index >= 15 is 0 Å². The first kappa shape index (κ1) is 18.2. The Morgan fingerprint density at radius 1 is 1.00 bits per heavy atom. The lowest BCUT2D eigenvalue weighted by Crippen LogP contribution is -2.50. The van der Waals surface area contributed by atoms with E-state index in [1.165, 1.54) is 18.4 Å². The van der Waals surface area contributed by atoms with Crippen molar-refractivity contribution >= 4 is 11.6 Å². The van der Waals surface area contributed by atoms with Crippen LogP contribution in [0.3, 0.4) is 0 Å². The van der Waals surface area contributed by atoms with Gasteiger partial charge >= 0.3 is 0 Å². The summed E-state index contributed by atoms with van der Waals surface area (Å²) >= 11 is 0. The van der Waals surface area contributed by atoms with Crippen molar-refractivity contribution in [3.8, 4) is 0 Å². The first-order valence-electron chi connectivity index (χ1n) is 10.5. The van der Waals surface area contributed by atoms with Gasteiger partial charge < -0.3 is 10.2 Å². The van der Waals surface area contributed by atoms with Gasteiger partial charge in [-0.2, -0.15) is 0 Å². The maximum atomic E-state index is 13.3. The minimum Gasteiger partial charge on any atom is -0.316 e. The molecular formula is C24H30N2O. The zero-order chi connectivity index (χ0) is 18.5. The molecular weight excluding hydrogens is 332 g/mol. The van der Waals surface area contributed by atoms with Crippen LogP contribution >= 0.6 is 0 Å². The van der Waals surface area contributed by atoms with Crippen LogP contribution in [0, 0.1) is 11.8 Å². The number of nitrogens with one attached hydrogen (secondary N) is 1. The van der Waals surface area contributed by atoms with Gasteiger partial charge in [-0.25, -0.2) is 0 Å². The number of rotatable bonds is 7. The number of aryl methyl sites for hydroxylation is 1. The summed E-state index contributed by atoms with van der Waals surface area (Å²) in [6, 6.07) is 21.3. The lowest BCUT2D eigenvalue weighted by atomic mass is 9.86. The van der Waals surface area contributed by atoms with Gasteiger partial charge in [0.1, 0.15) is 0 Å². The largest absolute Gasteiger partial charge is 0.316 e. The molecule has 3 heteroatoms. The minimum absolute atomic E-state index is 0.237. The van der Waals surface area contributed by atoms with E-state index in [4.69, 9.17) is 0 Å². The molecule has 1 aliphatic carbocycles. The number of carbonyl (C=O) groups excluding carboxylic acids is 1. The average molecular weight is 363 g/mol. The highest BCUT2D eigenvalue weighted by molar-refractivity contribution is 5.97. The summed E-state index contributed by atoms with van der Waals surface area (Å²) in [4.78, 5) is 15.5. The van der Waals surface area contributed by atoms with Crippen molar-refractivity contribution in [2.75, 3.05) is 18.0 Å². The van der Waals surface area contributed by atoms with E-state index in [9.17, 15) is 4.79 Å². The second-order valence-electron chi connectivity index (χ2n) is 8.02. The van der Waals surface area contributed by atoms with Crippen LogP contribution in [0.25, 0.3) is 0 Å². The van der Waals surface area contributed by atoms with Gasteiger partial charge in [-0.1, -0.05) is 48.5 Å². The lowest BCUT2D eigenvalue weighted by molar-refractivity contribution is -0.120. The molecule has 1 aliphatic heterocycles. The van der Waals surface area contributed by atoms with E-state index in [0.29, 0.717) is 11.8 Å². The molecule has 1 saturated carbocycles. The van der Waals surface area contributed by atoms with Gasteiger partial charge in [0.15, 0.2) is 0 Å². The quantitative estimate of drug-likeness (QED) is 0.790. The number of nitrogens with zero attached hydrogens (tertiary/aromatic N) is 1. The van der Waals surface area contributed by atoms with Crippen LogP contribution in [0.2, 0.25) is 0 Å². The number of para-hydroxylation sites is 1. The van der Waals surface area contributed by atoms with Crippen LogP contribution in [-0.2, 0) is 11.2 Å². The molecule has 4 rings (SSSR count). The zero-order valence-electron chi connectivity index (χ0n) is 16.0. The standard InChI is InChI=1S/C24H30N2O/c27-24(20-14-15-20)26(22-11-5-2-6-12-22)23(21-10-7-17-25-18-21)16-13-19-8-3-1-4-9-19/h1-6,8-9,11-12,20-21,23,25H,7,10,13-18H2. The Balaban J connectivity index is 1.61. The Morgan fingerprint density at radius 3 is 2.33 bits per heavy atom. The first-order chi connectivity index (χ1) is 13.3. The molecule has 2 aromatic carbocycles. The highest BCUT2D eigenvalue weighted by Crippen LogP contribution is 2.36. The molecule has 27 heavy (non-hydrogen) atoms. The molecule has 142 valence electrons. The number of hydrogen-bond acceptors (Lipinski definition) is 2. The summed E-state index contributed by atoms with van der Waals surface area (Å²) in [5.74, 6) is 1.09. The monoisotopic (exact) mass is 362 g/mol. The van der Waals surface area contributed by atoms with Crippen molar-refractivity contribution in [2.45, 2.75) is 44.6 Å². The Hall–Kier alpha value is -2.13. The summed E-state index contributed by atoms with van der Waals surface area (Å²) in [6.45, 7) is 2.12. The number of amides is 1. The molecule has 2 fully saturated rings. The highest BCUT2D eigenvalue weighted by atomic mass is 16.2. The van der Waals surface area contributed by atoms with Gasteiger partial charge in [0.2, 0.25) is 5.91 Å². The summed E-state index contributed by atoms with van der Waals surface area (Å²) in [5, 5.41) is 3.57. The topological polar surface area (TPSA) is 32.3 Å². The second-order valence-corrected chi connectivity index (χ2v) is 8.02. The molecule has 2 atom stereocenters. The molecule has 0 spiro atoms. The number of piperidine rings is 1. The van der Waals surface area contributed by atoms with E-state index in [0.717, 1.165) is 44.5 Å². The first-order valence-corrected chi connectivity index (χ1v) is 10.5. The summed E-state index contributed by atoms with van der Waals surface area (Å²) in [5.41, 5.74) is 2.43. The van der Waals surface area contributed by atoms with Crippen LogP contribution in [0.5, 0.6) is 0 Å². The number of anilines is 1. The van der Waals surface area contributed by atoms with E-state index in [-0.39, 0.29) is 12.0 Å². The molecule has 1 amide bonds. The maximum Gasteiger partial charge on any atom is 0.230 e. The van der Waals surface area contributed by atoms with Crippen LogP contribution in [0.1, 0.15) is 37.7 Å². The molecule has 0 bridgehead atoms. The number of hydrogen-bond donors (Lipinski definition) is 1. The molecule has 2 aromatic rings. The summed E-state index contributed by atoms with van der Waals surface area (Å²) in [6.07, 6.45) is 6.54. The Bertz CT molecular complexity index is 721. The van der Waals surface area contributed by atoms with E-state index in [2.05, 4.69) is 64.8 Å². The zero-order valence-corrected chi connectivity index (χ0v) is 16.0. The fraction of sp³-hybridized carbons (Fsp3) is 0.458. The Kier molecular flexibility index (Phi) is 5.88. The van der Waals surface area contributed by atoms with Crippen molar-refractivity contribution in [2.24, 2.45) is 11.8 Å². The van der Waals surface area contributed by atoms with Crippen molar-refractivity contribution in [3.63, 3.8) is 0 Å². The predicted octanol–water partition coefficient (Wildman–Crippen LogP) is 4.43. The molecule has 2 unspecified atom stereocenters. The van der Waals surface area contributed by atoms with Gasteiger partial charge in [-0.15, -0.1) is 0 Å². The van der Waals surface area contributed by atoms with E-state index < -0.39 is 0 Å². The van der Waals surface area contributed by atoms with Gasteiger partial charge in [-0.3, -0.25) is 4.79 Å². The van der Waals surface area contributed by atoms with Gasteiger partial charge in [0, 0.05) is 17.6 Å². The van der Waals surface area contributed by atoms with E-state index in [1.807, 2.05) is 6.07 Å². The second kappa shape index (κ2) is 8.71. The van der Waals surface area contributed by atoms with E-state index in [1.54, 1.807) is 0 Å². The third-order valence-corrected chi connectivity index (χ3v) is 5.98. The average Bonchev–Trinajstić information content (AvgIpc) is 3.58. The smallest absolute Gasteiger partial charge is 0.230 e.